The molecule has 0 aliphatic rings. The maximum Gasteiger partial charge on any atom is 0.168 e. The molecule has 0 aliphatic heterocycles. The van der Waals surface area contributed by atoms with Gasteiger partial charge in [-0.1, -0.05) is 6.92 Å². The lowest BCUT2D eigenvalue weighted by atomic mass is 10.4. The van der Waals surface area contributed by atoms with Gasteiger partial charge in [-0.3, -0.25) is 4.79 Å². The van der Waals surface area contributed by atoms with E-state index < -0.39 is 9.76 Å². The summed E-state index contributed by atoms with van der Waals surface area (Å²) in [5.74, 6) is 0.332. The van der Waals surface area contributed by atoms with Crippen molar-refractivity contribution in [2.75, 3.05) is 7.11 Å². The summed E-state index contributed by atoms with van der Waals surface area (Å²) in [6.07, 6.45) is 0.663. The Hall–Kier alpha value is -0.153. The van der Waals surface area contributed by atoms with Gasteiger partial charge in [-0.05, 0) is 0 Å². The molecule has 0 heterocycles. The highest BCUT2D eigenvalue weighted by Crippen LogP contribution is 1.86. The zero-order valence-electron chi connectivity index (χ0n) is 5.44. The smallest absolute Gasteiger partial charge is 0.168 e. The van der Waals surface area contributed by atoms with E-state index in [-0.39, 0.29) is 0 Å². The third-order valence-electron chi connectivity index (χ3n) is 0.979. The maximum absolute atomic E-state index is 10.5. The molecule has 0 aliphatic carbocycles. The lowest BCUT2D eigenvalue weighted by Crippen LogP contribution is -2.01. The Bertz CT molecular complexity index is 72.8. The monoisotopic (exact) mass is 132 g/mol. The first-order valence-corrected chi connectivity index (χ1v) is 4.39. The van der Waals surface area contributed by atoms with E-state index in [1.54, 1.807) is 7.11 Å². The number of hydrogen-bond donors (Lipinski definition) is 0. The number of ketones is 1. The standard InChI is InChI=1S/C5H12O2Si/c1-3-5(6)4-8-7-2/h3-4,8H2,1-2H3. The zero-order valence-corrected chi connectivity index (χ0v) is 6.85. The van der Waals surface area contributed by atoms with E-state index in [2.05, 4.69) is 0 Å². The van der Waals surface area contributed by atoms with Gasteiger partial charge in [0, 0.05) is 19.6 Å². The lowest BCUT2D eigenvalue weighted by Gasteiger charge is -1.91. The molecule has 0 bridgehead atoms. The van der Waals surface area contributed by atoms with Crippen molar-refractivity contribution in [3.8, 4) is 0 Å². The zero-order chi connectivity index (χ0) is 6.41. The summed E-state index contributed by atoms with van der Waals surface area (Å²) in [7, 11) is 1.18. The summed E-state index contributed by atoms with van der Waals surface area (Å²) >= 11 is 0. The van der Waals surface area contributed by atoms with Gasteiger partial charge in [-0.15, -0.1) is 0 Å². The molecule has 48 valence electrons. The van der Waals surface area contributed by atoms with Crippen LogP contribution in [0.1, 0.15) is 13.3 Å². The second kappa shape index (κ2) is 4.99. The van der Waals surface area contributed by atoms with Crippen LogP contribution in [0, 0.1) is 0 Å². The highest BCUT2D eigenvalue weighted by atomic mass is 28.2. The second-order valence-electron chi connectivity index (χ2n) is 1.64. The van der Waals surface area contributed by atoms with Crippen LogP contribution in [0.2, 0.25) is 6.04 Å². The van der Waals surface area contributed by atoms with Crippen LogP contribution in [0.5, 0.6) is 0 Å². The molecule has 0 radical (unpaired) electrons. The Morgan fingerprint density at radius 3 is 2.75 bits per heavy atom. The quantitative estimate of drug-likeness (QED) is 0.508. The minimum atomic E-state index is -0.486. The summed E-state index contributed by atoms with van der Waals surface area (Å²) in [6, 6.07) is 0.701. The van der Waals surface area contributed by atoms with Crippen LogP contribution in [0.3, 0.4) is 0 Å². The Balaban J connectivity index is 2.99. The lowest BCUT2D eigenvalue weighted by molar-refractivity contribution is -0.116. The van der Waals surface area contributed by atoms with Gasteiger partial charge in [-0.2, -0.15) is 0 Å². The third-order valence-corrected chi connectivity index (χ3v) is 2.15. The summed E-state index contributed by atoms with van der Waals surface area (Å²) in [6.45, 7) is 1.88. The summed E-state index contributed by atoms with van der Waals surface area (Å²) in [5.41, 5.74) is 0. The predicted molar refractivity (Wildman–Crippen MR) is 35.7 cm³/mol. The summed E-state index contributed by atoms with van der Waals surface area (Å²) in [5, 5.41) is 0. The maximum atomic E-state index is 10.5. The number of carbonyl (C=O) groups is 1. The summed E-state index contributed by atoms with van der Waals surface area (Å²) in [4.78, 5) is 10.5. The van der Waals surface area contributed by atoms with E-state index >= 15 is 0 Å². The van der Waals surface area contributed by atoms with Crippen LogP contribution in [0.4, 0.5) is 0 Å². The Labute approximate surface area is 52.2 Å². The highest BCUT2D eigenvalue weighted by Gasteiger charge is 1.95. The molecular formula is C5H12O2Si. The molecule has 0 atom stereocenters. The summed E-state index contributed by atoms with van der Waals surface area (Å²) < 4.78 is 4.83. The van der Waals surface area contributed by atoms with Gasteiger partial charge in [0.05, 0.1) is 0 Å². The molecular weight excluding hydrogens is 120 g/mol. The van der Waals surface area contributed by atoms with Crippen molar-refractivity contribution < 1.29 is 9.22 Å². The van der Waals surface area contributed by atoms with Crippen LogP contribution < -0.4 is 0 Å². The highest BCUT2D eigenvalue weighted by molar-refractivity contribution is 6.34. The van der Waals surface area contributed by atoms with Crippen LogP contribution in [0.15, 0.2) is 0 Å². The Kier molecular flexibility index (Phi) is 4.90. The van der Waals surface area contributed by atoms with Gasteiger partial charge in [0.15, 0.2) is 9.76 Å². The normalized spacial score (nSPS) is 10.8. The number of rotatable bonds is 4. The molecule has 0 spiro atoms. The fourth-order valence-corrected chi connectivity index (χ4v) is 1.18. The average Bonchev–Trinajstić information content (AvgIpc) is 1.83. The molecule has 0 aromatic rings. The van der Waals surface area contributed by atoms with Crippen molar-refractivity contribution in [2.24, 2.45) is 0 Å². The fraction of sp³-hybridized carbons (Fsp3) is 0.800. The van der Waals surface area contributed by atoms with Crippen molar-refractivity contribution >= 4 is 15.5 Å². The molecule has 3 heteroatoms. The van der Waals surface area contributed by atoms with Crippen molar-refractivity contribution in [2.45, 2.75) is 19.4 Å². The Morgan fingerprint density at radius 2 is 2.38 bits per heavy atom. The van der Waals surface area contributed by atoms with E-state index in [4.69, 9.17) is 4.43 Å². The third kappa shape index (κ3) is 4.02. The van der Waals surface area contributed by atoms with Gasteiger partial charge in [-0.25, -0.2) is 0 Å². The van der Waals surface area contributed by atoms with Gasteiger partial charge >= 0.3 is 0 Å². The van der Waals surface area contributed by atoms with E-state index in [0.717, 1.165) is 0 Å². The molecule has 0 saturated carbocycles. The molecule has 0 saturated heterocycles. The molecule has 0 amide bonds. The molecule has 0 aromatic carbocycles. The SMILES string of the molecule is CCC(=O)C[SiH2]OC. The van der Waals surface area contributed by atoms with Crippen molar-refractivity contribution in [3.05, 3.63) is 0 Å². The van der Waals surface area contributed by atoms with E-state index in [0.29, 0.717) is 18.2 Å². The van der Waals surface area contributed by atoms with E-state index in [9.17, 15) is 4.79 Å². The Morgan fingerprint density at radius 1 is 1.75 bits per heavy atom. The molecule has 0 rings (SSSR count). The number of carbonyl (C=O) groups excluding carboxylic acids is 1. The molecule has 0 N–H and O–H groups in total. The molecule has 0 aromatic heterocycles. The van der Waals surface area contributed by atoms with Crippen LogP contribution in [-0.4, -0.2) is 22.7 Å². The largest absolute Gasteiger partial charge is 0.427 e. The van der Waals surface area contributed by atoms with Gasteiger partial charge in [0.1, 0.15) is 5.78 Å². The topological polar surface area (TPSA) is 26.3 Å². The van der Waals surface area contributed by atoms with Crippen LogP contribution >= 0.6 is 0 Å². The molecule has 8 heavy (non-hydrogen) atoms. The van der Waals surface area contributed by atoms with Gasteiger partial charge in [0.25, 0.3) is 0 Å². The van der Waals surface area contributed by atoms with E-state index in [1.807, 2.05) is 6.92 Å². The first-order chi connectivity index (χ1) is 3.81. The number of Topliss-reactive ketones (excluding diaryl/α,β-unsaturated/α-hetero) is 1. The van der Waals surface area contributed by atoms with Crippen molar-refractivity contribution in [3.63, 3.8) is 0 Å². The first-order valence-electron chi connectivity index (χ1n) is 2.82. The molecule has 0 fully saturated rings. The molecule has 0 unspecified atom stereocenters. The first kappa shape index (κ1) is 7.85. The van der Waals surface area contributed by atoms with E-state index in [1.165, 1.54) is 0 Å². The number of hydrogen-bond acceptors (Lipinski definition) is 2. The minimum absolute atomic E-state index is 0.332. The average molecular weight is 132 g/mol. The van der Waals surface area contributed by atoms with Gasteiger partial charge < -0.3 is 4.43 Å². The van der Waals surface area contributed by atoms with Crippen molar-refractivity contribution in [1.82, 2.24) is 0 Å². The van der Waals surface area contributed by atoms with Crippen LogP contribution in [0.25, 0.3) is 0 Å². The van der Waals surface area contributed by atoms with Crippen molar-refractivity contribution in [1.29, 1.82) is 0 Å². The predicted octanol–water partition coefficient (Wildman–Crippen LogP) is 0.114. The molecule has 2 nitrogen and oxygen atoms in total. The minimum Gasteiger partial charge on any atom is -0.427 e. The second-order valence-corrected chi connectivity index (χ2v) is 3.12. The van der Waals surface area contributed by atoms with Gasteiger partial charge in [0.2, 0.25) is 0 Å². The van der Waals surface area contributed by atoms with Crippen LogP contribution in [-0.2, 0) is 9.22 Å². The fourth-order valence-electron chi connectivity index (χ4n) is 0.393.